The first-order valence-corrected chi connectivity index (χ1v) is 5.42. The molecule has 0 spiro atoms. The second-order valence-corrected chi connectivity index (χ2v) is 4.22. The number of halogens is 3. The van der Waals surface area contributed by atoms with Crippen LogP contribution < -0.4 is 10.1 Å². The first-order chi connectivity index (χ1) is 7.87. The summed E-state index contributed by atoms with van der Waals surface area (Å²) in [6.45, 7) is 5.70. The predicted molar refractivity (Wildman–Crippen MR) is 59.7 cm³/mol. The van der Waals surface area contributed by atoms with Crippen LogP contribution in [0.1, 0.15) is 19.4 Å². The van der Waals surface area contributed by atoms with Crippen molar-refractivity contribution in [1.82, 2.24) is 5.32 Å². The molecule has 1 aromatic rings. The monoisotopic (exact) mass is 247 g/mol. The Hall–Kier alpha value is -1.23. The summed E-state index contributed by atoms with van der Waals surface area (Å²) < 4.78 is 39.5. The zero-order chi connectivity index (χ0) is 12.9. The molecule has 0 saturated heterocycles. The third kappa shape index (κ3) is 6.16. The van der Waals surface area contributed by atoms with E-state index in [1.165, 1.54) is 12.1 Å². The van der Waals surface area contributed by atoms with Gasteiger partial charge in [0.15, 0.2) is 0 Å². The Labute approximate surface area is 98.8 Å². The Morgan fingerprint density at radius 2 is 1.76 bits per heavy atom. The van der Waals surface area contributed by atoms with Crippen LogP contribution in [0.15, 0.2) is 24.3 Å². The maximum Gasteiger partial charge on any atom is 0.573 e. The minimum absolute atomic E-state index is 0.190. The zero-order valence-electron chi connectivity index (χ0n) is 9.84. The molecule has 5 heteroatoms. The Bertz CT molecular complexity index is 333. The van der Waals surface area contributed by atoms with Crippen molar-refractivity contribution in [1.29, 1.82) is 0 Å². The van der Waals surface area contributed by atoms with Crippen LogP contribution in [-0.2, 0) is 6.54 Å². The van der Waals surface area contributed by atoms with E-state index < -0.39 is 6.36 Å². The lowest BCUT2D eigenvalue weighted by atomic mass is 10.2. The topological polar surface area (TPSA) is 21.3 Å². The second kappa shape index (κ2) is 5.91. The van der Waals surface area contributed by atoms with Gasteiger partial charge >= 0.3 is 6.36 Å². The van der Waals surface area contributed by atoms with Crippen LogP contribution in [0.3, 0.4) is 0 Å². The highest BCUT2D eigenvalue weighted by Crippen LogP contribution is 2.22. The molecule has 96 valence electrons. The number of hydrogen-bond donors (Lipinski definition) is 1. The zero-order valence-corrected chi connectivity index (χ0v) is 9.84. The van der Waals surface area contributed by atoms with E-state index in [0.29, 0.717) is 12.5 Å². The average Bonchev–Trinajstić information content (AvgIpc) is 2.18. The van der Waals surface area contributed by atoms with Crippen molar-refractivity contribution in [2.75, 3.05) is 6.54 Å². The van der Waals surface area contributed by atoms with Crippen LogP contribution in [0.2, 0.25) is 0 Å². The van der Waals surface area contributed by atoms with Gasteiger partial charge in [0.1, 0.15) is 5.75 Å². The summed E-state index contributed by atoms with van der Waals surface area (Å²) in [6.07, 6.45) is -4.63. The average molecular weight is 247 g/mol. The lowest BCUT2D eigenvalue weighted by molar-refractivity contribution is -0.274. The SMILES string of the molecule is CC(C)CNCc1ccc(OC(F)(F)F)cc1. The molecule has 0 amide bonds. The molecule has 0 heterocycles. The van der Waals surface area contributed by atoms with E-state index in [1.807, 2.05) is 0 Å². The first kappa shape index (κ1) is 13.8. The fraction of sp³-hybridized carbons (Fsp3) is 0.500. The molecule has 0 aliphatic carbocycles. The van der Waals surface area contributed by atoms with E-state index in [1.54, 1.807) is 12.1 Å². The molecule has 1 aromatic carbocycles. The van der Waals surface area contributed by atoms with E-state index in [9.17, 15) is 13.2 Å². The van der Waals surface area contributed by atoms with Gasteiger partial charge in [0, 0.05) is 6.54 Å². The second-order valence-electron chi connectivity index (χ2n) is 4.22. The molecule has 0 saturated carbocycles. The standard InChI is InChI=1S/C12H16F3NO/c1-9(2)7-16-8-10-3-5-11(6-4-10)17-12(13,14)15/h3-6,9,16H,7-8H2,1-2H3. The normalized spacial score (nSPS) is 11.9. The van der Waals surface area contributed by atoms with Crippen molar-refractivity contribution >= 4 is 0 Å². The summed E-state index contributed by atoms with van der Waals surface area (Å²) in [4.78, 5) is 0. The molecule has 1 rings (SSSR count). The fourth-order valence-corrected chi connectivity index (χ4v) is 1.31. The van der Waals surface area contributed by atoms with Crippen molar-refractivity contribution in [2.45, 2.75) is 26.8 Å². The lowest BCUT2D eigenvalue weighted by Crippen LogP contribution is -2.19. The van der Waals surface area contributed by atoms with Gasteiger partial charge < -0.3 is 10.1 Å². The minimum atomic E-state index is -4.63. The van der Waals surface area contributed by atoms with E-state index in [-0.39, 0.29) is 5.75 Å². The molecule has 0 aliphatic rings. The van der Waals surface area contributed by atoms with Gasteiger partial charge in [-0.15, -0.1) is 13.2 Å². The van der Waals surface area contributed by atoms with Crippen molar-refractivity contribution in [3.63, 3.8) is 0 Å². The van der Waals surface area contributed by atoms with Crippen LogP contribution in [0.25, 0.3) is 0 Å². The van der Waals surface area contributed by atoms with Gasteiger partial charge in [-0.05, 0) is 30.2 Å². The Kier molecular flexibility index (Phi) is 4.81. The van der Waals surface area contributed by atoms with Crippen LogP contribution in [0.5, 0.6) is 5.75 Å². The van der Waals surface area contributed by atoms with Crippen molar-refractivity contribution in [2.24, 2.45) is 5.92 Å². The van der Waals surface area contributed by atoms with Gasteiger partial charge in [0.25, 0.3) is 0 Å². The maximum absolute atomic E-state index is 11.9. The third-order valence-electron chi connectivity index (χ3n) is 2.04. The highest BCUT2D eigenvalue weighted by molar-refractivity contribution is 5.27. The molecule has 0 bridgehead atoms. The molecule has 0 aliphatic heterocycles. The molecular weight excluding hydrogens is 231 g/mol. The van der Waals surface area contributed by atoms with Crippen LogP contribution >= 0.6 is 0 Å². The third-order valence-corrected chi connectivity index (χ3v) is 2.04. The molecule has 0 atom stereocenters. The van der Waals surface area contributed by atoms with Crippen LogP contribution in [0.4, 0.5) is 13.2 Å². The molecule has 2 nitrogen and oxygen atoms in total. The van der Waals surface area contributed by atoms with Gasteiger partial charge in [0.2, 0.25) is 0 Å². The lowest BCUT2D eigenvalue weighted by Gasteiger charge is -2.10. The van der Waals surface area contributed by atoms with Crippen molar-refractivity contribution in [3.05, 3.63) is 29.8 Å². The van der Waals surface area contributed by atoms with Crippen molar-refractivity contribution in [3.8, 4) is 5.75 Å². The summed E-state index contributed by atoms with van der Waals surface area (Å²) in [5.41, 5.74) is 0.931. The van der Waals surface area contributed by atoms with E-state index in [0.717, 1.165) is 12.1 Å². The molecule has 0 fully saturated rings. The van der Waals surface area contributed by atoms with Crippen molar-refractivity contribution < 1.29 is 17.9 Å². The quantitative estimate of drug-likeness (QED) is 0.861. The molecule has 1 N–H and O–H groups in total. The summed E-state index contributed by atoms with van der Waals surface area (Å²) >= 11 is 0. The van der Waals surface area contributed by atoms with Gasteiger partial charge in [0.05, 0.1) is 0 Å². The number of benzene rings is 1. The summed E-state index contributed by atoms with van der Waals surface area (Å²) in [5, 5.41) is 3.21. The molecule has 17 heavy (non-hydrogen) atoms. The molecule has 0 radical (unpaired) electrons. The Balaban J connectivity index is 2.45. The summed E-state index contributed by atoms with van der Waals surface area (Å²) in [5.74, 6) is 0.355. The fourth-order valence-electron chi connectivity index (χ4n) is 1.31. The van der Waals surface area contributed by atoms with E-state index in [2.05, 4.69) is 23.9 Å². The van der Waals surface area contributed by atoms with Gasteiger partial charge in [-0.3, -0.25) is 0 Å². The first-order valence-electron chi connectivity index (χ1n) is 5.42. The largest absolute Gasteiger partial charge is 0.573 e. The highest BCUT2D eigenvalue weighted by Gasteiger charge is 2.30. The maximum atomic E-state index is 11.9. The van der Waals surface area contributed by atoms with Gasteiger partial charge in [-0.2, -0.15) is 0 Å². The van der Waals surface area contributed by atoms with Gasteiger partial charge in [-0.1, -0.05) is 26.0 Å². The van der Waals surface area contributed by atoms with Crippen LogP contribution in [-0.4, -0.2) is 12.9 Å². The summed E-state index contributed by atoms with van der Waals surface area (Å²) in [7, 11) is 0. The summed E-state index contributed by atoms with van der Waals surface area (Å²) in [6, 6.07) is 5.88. The number of hydrogen-bond acceptors (Lipinski definition) is 2. The molecular formula is C12H16F3NO. The number of rotatable bonds is 5. The number of alkyl halides is 3. The van der Waals surface area contributed by atoms with E-state index >= 15 is 0 Å². The van der Waals surface area contributed by atoms with Crippen LogP contribution in [0, 0.1) is 5.92 Å². The predicted octanol–water partition coefficient (Wildman–Crippen LogP) is 3.33. The number of ether oxygens (including phenoxy) is 1. The highest BCUT2D eigenvalue weighted by atomic mass is 19.4. The number of nitrogens with one attached hydrogen (secondary N) is 1. The smallest absolute Gasteiger partial charge is 0.406 e. The Morgan fingerprint density at radius 3 is 2.24 bits per heavy atom. The van der Waals surface area contributed by atoms with E-state index in [4.69, 9.17) is 0 Å². The molecule has 0 aromatic heterocycles. The minimum Gasteiger partial charge on any atom is -0.406 e. The van der Waals surface area contributed by atoms with Gasteiger partial charge in [-0.25, -0.2) is 0 Å². The molecule has 0 unspecified atom stereocenters. The Morgan fingerprint density at radius 1 is 1.18 bits per heavy atom.